The first-order valence-electron chi connectivity index (χ1n) is 8.45. The zero-order valence-corrected chi connectivity index (χ0v) is 15.9. The summed E-state index contributed by atoms with van der Waals surface area (Å²) < 4.78 is 29.0. The Balaban J connectivity index is 1.57. The number of hydrazine groups is 1. The molecule has 0 fully saturated rings. The Hall–Kier alpha value is -3.01. The smallest absolute Gasteiger partial charge is 0.290 e. The number of hydrogen-bond acceptors (Lipinski definition) is 3. The van der Waals surface area contributed by atoms with E-state index < -0.39 is 23.4 Å². The van der Waals surface area contributed by atoms with Gasteiger partial charge in [-0.2, -0.15) is 5.10 Å². The number of aromatic nitrogens is 3. The maximum atomic E-state index is 13.6. The lowest BCUT2D eigenvalue weighted by Crippen LogP contribution is -2.42. The molecular weight excluding hydrogens is 436 g/mol. The number of halogens is 3. The number of aromatic amines is 1. The van der Waals surface area contributed by atoms with Gasteiger partial charge in [-0.3, -0.25) is 20.4 Å². The molecule has 0 atom stereocenters. The molecule has 2 aromatic heterocycles. The minimum Gasteiger partial charge on any atom is -0.356 e. The van der Waals surface area contributed by atoms with Crippen LogP contribution in [0.15, 0.2) is 34.9 Å². The monoisotopic (exact) mass is 449 g/mol. The number of amides is 2. The summed E-state index contributed by atoms with van der Waals surface area (Å²) in [4.78, 5) is 27.3. The summed E-state index contributed by atoms with van der Waals surface area (Å²) >= 11 is 3.22. The first kappa shape index (κ1) is 18.4. The number of nitrogens with one attached hydrogen (secondary N) is 3. The summed E-state index contributed by atoms with van der Waals surface area (Å²) in [5.41, 5.74) is 6.91. The fourth-order valence-electron chi connectivity index (χ4n) is 3.19. The normalized spacial score (nSPS) is 12.7. The molecule has 0 aliphatic heterocycles. The summed E-state index contributed by atoms with van der Waals surface area (Å²) in [7, 11) is 0. The molecule has 1 aliphatic carbocycles. The number of H-pyrrole nitrogens is 1. The highest BCUT2D eigenvalue weighted by Gasteiger charge is 2.27. The van der Waals surface area contributed by atoms with Crippen molar-refractivity contribution < 1.29 is 18.4 Å². The van der Waals surface area contributed by atoms with E-state index in [0.29, 0.717) is 23.0 Å². The van der Waals surface area contributed by atoms with Crippen molar-refractivity contribution in [3.8, 4) is 5.69 Å². The SMILES string of the molecule is O=C(NNC(=O)c1nn(-c2ccc(F)c(F)c2)c2c1CCC2)c1cc(Br)c[nH]1. The Kier molecular flexibility index (Phi) is 4.71. The second-order valence-electron chi connectivity index (χ2n) is 6.28. The summed E-state index contributed by atoms with van der Waals surface area (Å²) in [5, 5.41) is 4.28. The number of nitrogens with zero attached hydrogens (tertiary/aromatic N) is 2. The molecule has 7 nitrogen and oxygen atoms in total. The van der Waals surface area contributed by atoms with E-state index >= 15 is 0 Å². The Morgan fingerprint density at radius 2 is 1.89 bits per heavy atom. The van der Waals surface area contributed by atoms with Crippen molar-refractivity contribution in [2.24, 2.45) is 0 Å². The molecule has 0 spiro atoms. The minimum atomic E-state index is -0.991. The van der Waals surface area contributed by atoms with E-state index in [1.807, 2.05) is 0 Å². The molecule has 0 unspecified atom stereocenters. The molecule has 0 bridgehead atoms. The summed E-state index contributed by atoms with van der Waals surface area (Å²) in [6, 6.07) is 5.02. The van der Waals surface area contributed by atoms with Crippen LogP contribution in [0.3, 0.4) is 0 Å². The Morgan fingerprint density at radius 3 is 2.61 bits per heavy atom. The first-order valence-corrected chi connectivity index (χ1v) is 9.24. The third kappa shape index (κ3) is 3.31. The fraction of sp³-hybridized carbons (Fsp3) is 0.167. The predicted molar refractivity (Wildman–Crippen MR) is 98.9 cm³/mol. The zero-order valence-electron chi connectivity index (χ0n) is 14.4. The lowest BCUT2D eigenvalue weighted by atomic mass is 10.2. The average Bonchev–Trinajstić information content (AvgIpc) is 3.38. The van der Waals surface area contributed by atoms with Gasteiger partial charge in [-0.15, -0.1) is 0 Å². The van der Waals surface area contributed by atoms with Crippen LogP contribution in [0.25, 0.3) is 5.69 Å². The van der Waals surface area contributed by atoms with Crippen LogP contribution in [0.2, 0.25) is 0 Å². The van der Waals surface area contributed by atoms with Crippen LogP contribution >= 0.6 is 15.9 Å². The number of fused-ring (bicyclic) bond motifs is 1. The number of carbonyl (C=O) groups excluding carboxylic acids is 2. The molecule has 0 saturated heterocycles. The van der Waals surface area contributed by atoms with Crippen molar-refractivity contribution in [3.63, 3.8) is 0 Å². The van der Waals surface area contributed by atoms with Gasteiger partial charge in [0.15, 0.2) is 17.3 Å². The van der Waals surface area contributed by atoms with Gasteiger partial charge < -0.3 is 4.98 Å². The lowest BCUT2D eigenvalue weighted by Gasteiger charge is -2.06. The van der Waals surface area contributed by atoms with Crippen LogP contribution in [0, 0.1) is 11.6 Å². The van der Waals surface area contributed by atoms with E-state index in [2.05, 4.69) is 36.9 Å². The van der Waals surface area contributed by atoms with Crippen LogP contribution in [-0.2, 0) is 12.8 Å². The summed E-state index contributed by atoms with van der Waals surface area (Å²) in [6.45, 7) is 0. The average molecular weight is 450 g/mol. The van der Waals surface area contributed by atoms with Crippen molar-refractivity contribution in [2.75, 3.05) is 0 Å². The number of carbonyl (C=O) groups is 2. The second-order valence-corrected chi connectivity index (χ2v) is 7.19. The van der Waals surface area contributed by atoms with E-state index in [4.69, 9.17) is 0 Å². The van der Waals surface area contributed by atoms with Crippen molar-refractivity contribution in [2.45, 2.75) is 19.3 Å². The molecule has 1 aromatic carbocycles. The summed E-state index contributed by atoms with van der Waals surface area (Å²) in [6.07, 6.45) is 3.71. The van der Waals surface area contributed by atoms with Gasteiger partial charge >= 0.3 is 0 Å². The largest absolute Gasteiger partial charge is 0.356 e. The highest BCUT2D eigenvalue weighted by molar-refractivity contribution is 9.10. The van der Waals surface area contributed by atoms with E-state index in [-0.39, 0.29) is 11.4 Å². The fourth-order valence-corrected chi connectivity index (χ4v) is 3.53. The lowest BCUT2D eigenvalue weighted by molar-refractivity contribution is 0.0841. The van der Waals surface area contributed by atoms with Gasteiger partial charge in [0.05, 0.1) is 5.69 Å². The minimum absolute atomic E-state index is 0.144. The Labute approximate surface area is 166 Å². The predicted octanol–water partition coefficient (Wildman–Crippen LogP) is 2.80. The molecule has 0 saturated carbocycles. The molecule has 4 rings (SSSR count). The first-order chi connectivity index (χ1) is 13.4. The van der Waals surface area contributed by atoms with E-state index in [1.54, 1.807) is 12.3 Å². The third-order valence-corrected chi connectivity index (χ3v) is 4.93. The number of benzene rings is 1. The Bertz CT molecular complexity index is 1090. The maximum absolute atomic E-state index is 13.6. The van der Waals surface area contributed by atoms with E-state index in [1.165, 1.54) is 10.7 Å². The van der Waals surface area contributed by atoms with Crippen LogP contribution in [0.1, 0.15) is 38.7 Å². The van der Waals surface area contributed by atoms with Gasteiger partial charge in [0.1, 0.15) is 5.69 Å². The quantitative estimate of drug-likeness (QED) is 0.536. The highest BCUT2D eigenvalue weighted by atomic mass is 79.9. The van der Waals surface area contributed by atoms with Gasteiger partial charge in [-0.1, -0.05) is 0 Å². The van der Waals surface area contributed by atoms with E-state index in [0.717, 1.165) is 29.8 Å². The van der Waals surface area contributed by atoms with Gasteiger partial charge in [0, 0.05) is 28.0 Å². The Morgan fingerprint density at radius 1 is 1.11 bits per heavy atom. The number of rotatable bonds is 3. The van der Waals surface area contributed by atoms with Gasteiger partial charge in [0.2, 0.25) is 0 Å². The maximum Gasteiger partial charge on any atom is 0.290 e. The third-order valence-electron chi connectivity index (χ3n) is 4.48. The molecule has 1 aliphatic rings. The molecule has 10 heteroatoms. The molecule has 0 radical (unpaired) electrons. The van der Waals surface area contributed by atoms with Crippen molar-refractivity contribution in [1.82, 2.24) is 25.6 Å². The standard InChI is InChI=1S/C18H14BrF2N5O2/c19-9-6-14(22-8-9)17(27)23-24-18(28)16-11-2-1-3-15(11)26(25-16)10-4-5-12(20)13(21)7-10/h4-8,22H,1-3H2,(H,23,27)(H,24,28). The molecule has 3 aromatic rings. The molecule has 3 N–H and O–H groups in total. The van der Waals surface area contributed by atoms with Crippen molar-refractivity contribution in [3.05, 3.63) is 69.2 Å². The van der Waals surface area contributed by atoms with Gasteiger partial charge in [-0.05, 0) is 53.4 Å². The number of hydrogen-bond donors (Lipinski definition) is 3. The van der Waals surface area contributed by atoms with Gasteiger partial charge in [-0.25, -0.2) is 13.5 Å². The van der Waals surface area contributed by atoms with Crippen LogP contribution in [-0.4, -0.2) is 26.6 Å². The highest BCUT2D eigenvalue weighted by Crippen LogP contribution is 2.28. The molecule has 2 heterocycles. The molecule has 28 heavy (non-hydrogen) atoms. The zero-order chi connectivity index (χ0) is 19.8. The van der Waals surface area contributed by atoms with Crippen LogP contribution in [0.5, 0.6) is 0 Å². The molecule has 144 valence electrons. The molecular formula is C18H14BrF2N5O2. The topological polar surface area (TPSA) is 91.8 Å². The van der Waals surface area contributed by atoms with Crippen molar-refractivity contribution >= 4 is 27.7 Å². The second kappa shape index (κ2) is 7.19. The molecule has 2 amide bonds. The van der Waals surface area contributed by atoms with Crippen LogP contribution in [0.4, 0.5) is 8.78 Å². The van der Waals surface area contributed by atoms with Crippen molar-refractivity contribution in [1.29, 1.82) is 0 Å². The van der Waals surface area contributed by atoms with Crippen LogP contribution < -0.4 is 10.9 Å². The summed E-state index contributed by atoms with van der Waals surface area (Å²) in [5.74, 6) is -3.05. The van der Waals surface area contributed by atoms with E-state index in [9.17, 15) is 18.4 Å². The van der Waals surface area contributed by atoms with Gasteiger partial charge in [0.25, 0.3) is 11.8 Å².